The van der Waals surface area contributed by atoms with E-state index in [9.17, 15) is 0 Å². The molecule has 2 aromatic carbocycles. The summed E-state index contributed by atoms with van der Waals surface area (Å²) in [5, 5.41) is 0. The predicted octanol–water partition coefficient (Wildman–Crippen LogP) is 2.35. The Balaban J connectivity index is 1.54. The van der Waals surface area contributed by atoms with Gasteiger partial charge in [-0.15, -0.1) is 0 Å². The summed E-state index contributed by atoms with van der Waals surface area (Å²) >= 11 is 0. The number of hydrogen-bond acceptors (Lipinski definition) is 6. The van der Waals surface area contributed by atoms with Crippen LogP contribution >= 0.6 is 0 Å². The van der Waals surface area contributed by atoms with Crippen LogP contribution in [0.25, 0.3) is 0 Å². The van der Waals surface area contributed by atoms with Gasteiger partial charge in [0.25, 0.3) is 0 Å². The van der Waals surface area contributed by atoms with Crippen LogP contribution in [0.2, 0.25) is 0 Å². The second-order valence-electron chi connectivity index (χ2n) is 5.67. The largest absolute Gasteiger partial charge is 0.492 e. The van der Waals surface area contributed by atoms with Gasteiger partial charge < -0.3 is 25.7 Å². The average Bonchev–Trinajstić information content (AvgIpc) is 2.60. The number of nitrogens with two attached hydrogens (primary N) is 2. The van der Waals surface area contributed by atoms with Crippen LogP contribution in [-0.2, 0) is 4.74 Å². The van der Waals surface area contributed by atoms with E-state index in [0.717, 1.165) is 38.6 Å². The van der Waals surface area contributed by atoms with E-state index in [-0.39, 0.29) is 0 Å². The summed E-state index contributed by atoms with van der Waals surface area (Å²) in [6.07, 6.45) is 0. The average molecular weight is 329 g/mol. The molecule has 0 amide bonds. The summed E-state index contributed by atoms with van der Waals surface area (Å²) in [5.41, 5.74) is 12.6. The third-order valence-electron chi connectivity index (χ3n) is 3.88. The molecule has 0 saturated carbocycles. The van der Waals surface area contributed by atoms with Crippen molar-refractivity contribution in [3.05, 3.63) is 42.5 Å². The molecule has 6 nitrogen and oxygen atoms in total. The molecule has 2 aromatic rings. The molecule has 0 aromatic heterocycles. The molecule has 1 saturated heterocycles. The van der Waals surface area contributed by atoms with Crippen LogP contribution in [0, 0.1) is 0 Å². The van der Waals surface area contributed by atoms with Crippen LogP contribution in [0.3, 0.4) is 0 Å². The predicted molar refractivity (Wildman–Crippen MR) is 94.5 cm³/mol. The van der Waals surface area contributed by atoms with Crippen molar-refractivity contribution in [2.75, 3.05) is 50.9 Å². The minimum Gasteiger partial charge on any atom is -0.492 e. The number of hydrogen-bond donors (Lipinski definition) is 2. The Morgan fingerprint density at radius 2 is 1.67 bits per heavy atom. The minimum absolute atomic E-state index is 0.505. The van der Waals surface area contributed by atoms with Gasteiger partial charge in [-0.05, 0) is 24.3 Å². The number of morpholine rings is 1. The van der Waals surface area contributed by atoms with Gasteiger partial charge in [-0.1, -0.05) is 6.07 Å². The van der Waals surface area contributed by atoms with Crippen LogP contribution in [0.5, 0.6) is 17.2 Å². The highest BCUT2D eigenvalue weighted by Crippen LogP contribution is 2.28. The first-order valence-corrected chi connectivity index (χ1v) is 8.06. The van der Waals surface area contributed by atoms with E-state index < -0.39 is 0 Å². The van der Waals surface area contributed by atoms with Gasteiger partial charge in [-0.2, -0.15) is 0 Å². The molecule has 0 aliphatic carbocycles. The third kappa shape index (κ3) is 4.53. The number of nitrogen functional groups attached to an aromatic ring is 2. The fourth-order valence-electron chi connectivity index (χ4n) is 2.50. The molecule has 0 bridgehead atoms. The molecule has 1 aliphatic rings. The van der Waals surface area contributed by atoms with Crippen molar-refractivity contribution in [2.24, 2.45) is 0 Å². The van der Waals surface area contributed by atoms with Gasteiger partial charge in [0.1, 0.15) is 23.9 Å². The summed E-state index contributed by atoms with van der Waals surface area (Å²) in [6.45, 7) is 5.06. The van der Waals surface area contributed by atoms with Gasteiger partial charge in [0.05, 0.1) is 24.6 Å². The summed E-state index contributed by atoms with van der Waals surface area (Å²) in [4.78, 5) is 2.33. The van der Waals surface area contributed by atoms with E-state index in [1.54, 1.807) is 18.2 Å². The van der Waals surface area contributed by atoms with E-state index in [1.165, 1.54) is 0 Å². The molecule has 0 atom stereocenters. The molecule has 0 radical (unpaired) electrons. The molecule has 1 fully saturated rings. The second-order valence-corrected chi connectivity index (χ2v) is 5.67. The quantitative estimate of drug-likeness (QED) is 0.792. The lowest BCUT2D eigenvalue weighted by Gasteiger charge is -2.26. The van der Waals surface area contributed by atoms with Crippen molar-refractivity contribution in [1.82, 2.24) is 4.90 Å². The summed E-state index contributed by atoms with van der Waals surface area (Å²) < 4.78 is 17.0. The Morgan fingerprint density at radius 1 is 0.917 bits per heavy atom. The maximum atomic E-state index is 5.82. The van der Waals surface area contributed by atoms with Crippen molar-refractivity contribution in [1.29, 1.82) is 0 Å². The van der Waals surface area contributed by atoms with Gasteiger partial charge >= 0.3 is 0 Å². The first-order valence-electron chi connectivity index (χ1n) is 8.06. The Kier molecular flexibility index (Phi) is 5.40. The molecular weight excluding hydrogens is 306 g/mol. The maximum absolute atomic E-state index is 5.82. The number of benzene rings is 2. The Labute approximate surface area is 141 Å². The summed E-state index contributed by atoms with van der Waals surface area (Å²) in [5.74, 6) is 2.12. The SMILES string of the molecule is Nc1ccc(Oc2cccc(OCCN3CCOCC3)c2)cc1N. The van der Waals surface area contributed by atoms with E-state index in [0.29, 0.717) is 29.5 Å². The van der Waals surface area contributed by atoms with E-state index in [1.807, 2.05) is 24.3 Å². The number of nitrogens with zero attached hydrogens (tertiary/aromatic N) is 1. The van der Waals surface area contributed by atoms with Crippen LogP contribution in [-0.4, -0.2) is 44.4 Å². The van der Waals surface area contributed by atoms with E-state index in [4.69, 9.17) is 25.7 Å². The Hall–Kier alpha value is -2.44. The molecule has 3 rings (SSSR count). The molecule has 0 spiro atoms. The number of rotatable bonds is 6. The topological polar surface area (TPSA) is 83.0 Å². The monoisotopic (exact) mass is 329 g/mol. The van der Waals surface area contributed by atoms with Crippen LogP contribution < -0.4 is 20.9 Å². The van der Waals surface area contributed by atoms with Gasteiger partial charge in [0, 0.05) is 31.8 Å². The standard InChI is InChI=1S/C18H23N3O3/c19-17-5-4-16(13-18(17)20)24-15-3-1-2-14(12-15)23-11-8-21-6-9-22-10-7-21/h1-5,12-13H,6-11,19-20H2. The molecule has 6 heteroatoms. The third-order valence-corrected chi connectivity index (χ3v) is 3.88. The summed E-state index contributed by atoms with van der Waals surface area (Å²) in [7, 11) is 0. The van der Waals surface area contributed by atoms with Crippen LogP contribution in [0.1, 0.15) is 0 Å². The molecule has 4 N–H and O–H groups in total. The van der Waals surface area contributed by atoms with E-state index >= 15 is 0 Å². The highest BCUT2D eigenvalue weighted by Gasteiger charge is 2.10. The van der Waals surface area contributed by atoms with Crippen molar-refractivity contribution in [2.45, 2.75) is 0 Å². The maximum Gasteiger partial charge on any atom is 0.131 e. The molecule has 0 unspecified atom stereocenters. The zero-order chi connectivity index (χ0) is 16.8. The highest BCUT2D eigenvalue weighted by molar-refractivity contribution is 5.65. The molecular formula is C18H23N3O3. The molecule has 1 aliphatic heterocycles. The van der Waals surface area contributed by atoms with Gasteiger partial charge in [-0.25, -0.2) is 0 Å². The highest BCUT2D eigenvalue weighted by atomic mass is 16.5. The zero-order valence-electron chi connectivity index (χ0n) is 13.6. The van der Waals surface area contributed by atoms with Gasteiger partial charge in [0.2, 0.25) is 0 Å². The minimum atomic E-state index is 0.505. The lowest BCUT2D eigenvalue weighted by molar-refractivity contribution is 0.0322. The lowest BCUT2D eigenvalue weighted by atomic mass is 10.2. The first kappa shape index (κ1) is 16.4. The molecule has 24 heavy (non-hydrogen) atoms. The Bertz CT molecular complexity index is 672. The van der Waals surface area contributed by atoms with Crippen molar-refractivity contribution in [3.63, 3.8) is 0 Å². The molecule has 128 valence electrons. The van der Waals surface area contributed by atoms with Crippen LogP contribution in [0.4, 0.5) is 11.4 Å². The summed E-state index contributed by atoms with van der Waals surface area (Å²) in [6, 6.07) is 12.8. The van der Waals surface area contributed by atoms with Gasteiger partial charge in [-0.3, -0.25) is 4.90 Å². The van der Waals surface area contributed by atoms with Crippen molar-refractivity contribution >= 4 is 11.4 Å². The van der Waals surface area contributed by atoms with Crippen LogP contribution in [0.15, 0.2) is 42.5 Å². The normalized spacial score (nSPS) is 15.2. The fourth-order valence-corrected chi connectivity index (χ4v) is 2.50. The fraction of sp³-hybridized carbons (Fsp3) is 0.333. The first-order chi connectivity index (χ1) is 11.7. The van der Waals surface area contributed by atoms with Crippen molar-refractivity contribution in [3.8, 4) is 17.2 Å². The molecule has 1 heterocycles. The van der Waals surface area contributed by atoms with Crippen molar-refractivity contribution < 1.29 is 14.2 Å². The number of ether oxygens (including phenoxy) is 3. The van der Waals surface area contributed by atoms with E-state index in [2.05, 4.69) is 4.90 Å². The zero-order valence-corrected chi connectivity index (χ0v) is 13.6. The number of anilines is 2. The second kappa shape index (κ2) is 7.90. The lowest BCUT2D eigenvalue weighted by Crippen LogP contribution is -2.38. The smallest absolute Gasteiger partial charge is 0.131 e. The Morgan fingerprint density at radius 3 is 2.46 bits per heavy atom. The van der Waals surface area contributed by atoms with Gasteiger partial charge in [0.15, 0.2) is 0 Å².